The Kier molecular flexibility index (Phi) is 5.21. The van der Waals surface area contributed by atoms with Crippen LogP contribution in [0.5, 0.6) is 0 Å². The third-order valence-electron chi connectivity index (χ3n) is 13.6. The molecular formula is C31H52O. The minimum atomic E-state index is 0.268. The molecule has 0 bridgehead atoms. The van der Waals surface area contributed by atoms with E-state index in [0.29, 0.717) is 27.8 Å². The summed E-state index contributed by atoms with van der Waals surface area (Å²) in [6.45, 7) is 21.0. The molecule has 0 N–H and O–H groups in total. The second-order valence-corrected chi connectivity index (χ2v) is 14.9. The van der Waals surface area contributed by atoms with E-state index in [1.165, 1.54) is 57.8 Å². The van der Waals surface area contributed by atoms with Crippen molar-refractivity contribution >= 4 is 0 Å². The van der Waals surface area contributed by atoms with Gasteiger partial charge in [-0.1, -0.05) is 67.0 Å². The van der Waals surface area contributed by atoms with Gasteiger partial charge >= 0.3 is 0 Å². The van der Waals surface area contributed by atoms with Crippen LogP contribution in [0.1, 0.15) is 113 Å². The van der Waals surface area contributed by atoms with Gasteiger partial charge in [0.05, 0.1) is 6.10 Å². The van der Waals surface area contributed by atoms with E-state index in [-0.39, 0.29) is 5.41 Å². The molecule has 5 aliphatic carbocycles. The van der Waals surface area contributed by atoms with Gasteiger partial charge in [0, 0.05) is 7.11 Å². The number of ether oxygens (including phenoxy) is 1. The van der Waals surface area contributed by atoms with Crippen LogP contribution in [-0.4, -0.2) is 13.2 Å². The monoisotopic (exact) mass is 440 g/mol. The van der Waals surface area contributed by atoms with Gasteiger partial charge in [-0.05, 0) is 114 Å². The summed E-state index contributed by atoms with van der Waals surface area (Å²) in [6, 6.07) is 0. The molecule has 0 radical (unpaired) electrons. The van der Waals surface area contributed by atoms with Crippen molar-refractivity contribution in [3.05, 3.63) is 11.6 Å². The summed E-state index contributed by atoms with van der Waals surface area (Å²) in [6.07, 6.45) is 15.7. The maximum absolute atomic E-state index is 6.03. The number of allylic oxidation sites excluding steroid dienone is 2. The van der Waals surface area contributed by atoms with E-state index >= 15 is 0 Å². The number of rotatable bonds is 1. The molecule has 1 heteroatoms. The Bertz CT molecular complexity index is 794. The van der Waals surface area contributed by atoms with Crippen molar-refractivity contribution in [3.63, 3.8) is 0 Å². The Morgan fingerprint density at radius 3 is 2.25 bits per heavy atom. The Morgan fingerprint density at radius 1 is 0.844 bits per heavy atom. The highest BCUT2D eigenvalue weighted by molar-refractivity contribution is 5.33. The summed E-state index contributed by atoms with van der Waals surface area (Å²) in [5.74, 6) is 4.16. The predicted octanol–water partition coefficient (Wildman–Crippen LogP) is 8.68. The topological polar surface area (TPSA) is 9.23 Å². The van der Waals surface area contributed by atoms with Gasteiger partial charge in [0.1, 0.15) is 0 Å². The quantitative estimate of drug-likeness (QED) is 0.370. The summed E-state index contributed by atoms with van der Waals surface area (Å²) >= 11 is 0. The SMILES string of the molecule is CO[C@H]1CC[C@]2(C)[C@H]3CC[C@@]4(C)[C@@H]5[C@@H](C)[C@H](C)CC[C@]5(C)CC[C@]4(C)C3=CC[C@H]2C1(C)C. The third kappa shape index (κ3) is 2.73. The Labute approximate surface area is 199 Å². The Hall–Kier alpha value is -0.300. The molecule has 1 nitrogen and oxygen atoms in total. The highest BCUT2D eigenvalue weighted by Crippen LogP contribution is 2.75. The summed E-state index contributed by atoms with van der Waals surface area (Å²) in [5.41, 5.74) is 4.03. The molecule has 0 heterocycles. The van der Waals surface area contributed by atoms with Crippen LogP contribution in [-0.2, 0) is 4.74 Å². The fourth-order valence-corrected chi connectivity index (χ4v) is 11.4. The van der Waals surface area contributed by atoms with Crippen molar-refractivity contribution in [3.8, 4) is 0 Å². The van der Waals surface area contributed by atoms with Crippen molar-refractivity contribution in [2.24, 2.45) is 56.7 Å². The zero-order valence-corrected chi connectivity index (χ0v) is 22.8. The van der Waals surface area contributed by atoms with Gasteiger partial charge in [-0.25, -0.2) is 0 Å². The molecule has 0 unspecified atom stereocenters. The lowest BCUT2D eigenvalue weighted by atomic mass is 9.33. The molecule has 10 atom stereocenters. The second kappa shape index (κ2) is 7.11. The van der Waals surface area contributed by atoms with Crippen LogP contribution < -0.4 is 0 Å². The van der Waals surface area contributed by atoms with Crippen LogP contribution in [0.3, 0.4) is 0 Å². The molecule has 0 amide bonds. The lowest BCUT2D eigenvalue weighted by molar-refractivity contribution is -0.188. The predicted molar refractivity (Wildman–Crippen MR) is 135 cm³/mol. The smallest absolute Gasteiger partial charge is 0.0625 e. The molecular weight excluding hydrogens is 388 g/mol. The first-order valence-electron chi connectivity index (χ1n) is 14.1. The highest BCUT2D eigenvalue weighted by atomic mass is 16.5. The lowest BCUT2D eigenvalue weighted by Gasteiger charge is -2.71. The number of hydrogen-bond acceptors (Lipinski definition) is 1. The number of fused-ring (bicyclic) bond motifs is 7. The third-order valence-corrected chi connectivity index (χ3v) is 13.6. The van der Waals surface area contributed by atoms with Crippen molar-refractivity contribution in [1.82, 2.24) is 0 Å². The number of hydrogen-bond donors (Lipinski definition) is 0. The highest BCUT2D eigenvalue weighted by Gasteiger charge is 2.67. The maximum atomic E-state index is 6.03. The zero-order chi connectivity index (χ0) is 23.3. The standard InChI is InChI=1S/C31H52O/c1-20-12-15-28(5)18-19-30(7)23-10-11-24-27(3,4)25(32-9)14-16-29(24,6)22(23)13-17-31(30,8)26(28)21(20)2/h10,20-22,24-26H,11-19H2,1-9H3/t20-,21+,22+,24+,25+,26-,28-,29-,30-,31+/m1/s1. The van der Waals surface area contributed by atoms with Crippen LogP contribution in [0.2, 0.25) is 0 Å². The van der Waals surface area contributed by atoms with E-state index in [1.807, 2.05) is 12.7 Å². The second-order valence-electron chi connectivity index (χ2n) is 14.9. The minimum Gasteiger partial charge on any atom is -0.381 e. The van der Waals surface area contributed by atoms with E-state index in [2.05, 4.69) is 61.5 Å². The largest absolute Gasteiger partial charge is 0.381 e. The molecule has 182 valence electrons. The normalized spacial score (nSPS) is 56.8. The molecule has 0 aromatic carbocycles. The van der Waals surface area contributed by atoms with E-state index in [0.717, 1.165) is 29.6 Å². The molecule has 4 fully saturated rings. The van der Waals surface area contributed by atoms with Gasteiger partial charge in [-0.3, -0.25) is 0 Å². The first-order valence-corrected chi connectivity index (χ1v) is 14.1. The first kappa shape index (κ1) is 23.4. The van der Waals surface area contributed by atoms with Gasteiger partial charge in [0.15, 0.2) is 0 Å². The summed E-state index contributed by atoms with van der Waals surface area (Å²) in [5, 5.41) is 0. The minimum absolute atomic E-state index is 0.268. The van der Waals surface area contributed by atoms with Crippen LogP contribution in [0.4, 0.5) is 0 Å². The van der Waals surface area contributed by atoms with Crippen molar-refractivity contribution in [2.45, 2.75) is 119 Å². The van der Waals surface area contributed by atoms with Crippen molar-refractivity contribution in [1.29, 1.82) is 0 Å². The molecule has 0 aromatic rings. The van der Waals surface area contributed by atoms with E-state index in [4.69, 9.17) is 4.74 Å². The molecule has 0 spiro atoms. The van der Waals surface area contributed by atoms with Gasteiger partial charge in [-0.15, -0.1) is 0 Å². The lowest BCUT2D eigenvalue weighted by Crippen LogP contribution is -2.64. The van der Waals surface area contributed by atoms with Gasteiger partial charge < -0.3 is 4.74 Å². The van der Waals surface area contributed by atoms with Gasteiger partial charge in [0.2, 0.25) is 0 Å². The molecule has 32 heavy (non-hydrogen) atoms. The number of methoxy groups -OCH3 is 1. The summed E-state index contributed by atoms with van der Waals surface area (Å²) in [4.78, 5) is 0. The molecule has 4 saturated carbocycles. The average molecular weight is 441 g/mol. The zero-order valence-electron chi connectivity index (χ0n) is 22.8. The van der Waals surface area contributed by atoms with E-state index < -0.39 is 0 Å². The van der Waals surface area contributed by atoms with E-state index in [1.54, 1.807) is 0 Å². The fourth-order valence-electron chi connectivity index (χ4n) is 11.4. The molecule has 0 aromatic heterocycles. The molecule has 0 saturated heterocycles. The maximum Gasteiger partial charge on any atom is 0.0625 e. The molecule has 5 aliphatic rings. The van der Waals surface area contributed by atoms with Crippen LogP contribution >= 0.6 is 0 Å². The summed E-state index contributed by atoms with van der Waals surface area (Å²) < 4.78 is 6.03. The molecule has 5 rings (SSSR count). The van der Waals surface area contributed by atoms with E-state index in [9.17, 15) is 0 Å². The van der Waals surface area contributed by atoms with Crippen molar-refractivity contribution < 1.29 is 4.74 Å². The van der Waals surface area contributed by atoms with Crippen LogP contribution in [0.15, 0.2) is 11.6 Å². The fraction of sp³-hybridized carbons (Fsp3) is 0.935. The van der Waals surface area contributed by atoms with Crippen molar-refractivity contribution in [2.75, 3.05) is 7.11 Å². The Morgan fingerprint density at radius 2 is 1.56 bits per heavy atom. The Balaban J connectivity index is 1.57. The van der Waals surface area contributed by atoms with Crippen LogP contribution in [0, 0.1) is 56.7 Å². The van der Waals surface area contributed by atoms with Gasteiger partial charge in [0.25, 0.3) is 0 Å². The van der Waals surface area contributed by atoms with Gasteiger partial charge in [-0.2, -0.15) is 0 Å². The van der Waals surface area contributed by atoms with Crippen LogP contribution in [0.25, 0.3) is 0 Å². The summed E-state index contributed by atoms with van der Waals surface area (Å²) in [7, 11) is 1.94. The first-order chi connectivity index (χ1) is 14.8. The average Bonchev–Trinajstić information content (AvgIpc) is 2.72. The molecule has 0 aliphatic heterocycles.